The number of rotatable bonds is 2. The van der Waals surface area contributed by atoms with Crippen LogP contribution in [0.15, 0.2) is 24.3 Å². The third-order valence-electron chi connectivity index (χ3n) is 2.83. The molecule has 84 valence electrons. The highest BCUT2D eigenvalue weighted by Gasteiger charge is 2.13. The largest absolute Gasteiger partial charge is 0.508 e. The maximum atomic E-state index is 9.33. The van der Waals surface area contributed by atoms with Crippen molar-refractivity contribution in [3.05, 3.63) is 29.8 Å². The van der Waals surface area contributed by atoms with Crippen molar-refractivity contribution >= 4 is 17.0 Å². The molecule has 1 aromatic carbocycles. The molecule has 0 aromatic heterocycles. The van der Waals surface area contributed by atoms with Crippen LogP contribution in [0.3, 0.4) is 0 Å². The van der Waals surface area contributed by atoms with Gasteiger partial charge in [0.15, 0.2) is 0 Å². The Morgan fingerprint density at radius 1 is 1.40 bits per heavy atom. The molecule has 1 unspecified atom stereocenters. The molecule has 0 aliphatic carbocycles. The topological polar surface area (TPSA) is 32.3 Å². The van der Waals surface area contributed by atoms with E-state index < -0.39 is 0 Å². The standard InChI is InChI=1S/C12H17NO.BrH/c14-12-5-1-3-10(8-12)7-11-4-2-6-13-9-11;/h1,3,5,8,11,13-14H,2,4,6-7,9H2;1H. The molecule has 1 aliphatic heterocycles. The van der Waals surface area contributed by atoms with E-state index >= 15 is 0 Å². The fraction of sp³-hybridized carbons (Fsp3) is 0.500. The summed E-state index contributed by atoms with van der Waals surface area (Å²) in [6, 6.07) is 7.60. The van der Waals surface area contributed by atoms with Gasteiger partial charge in [0.05, 0.1) is 0 Å². The van der Waals surface area contributed by atoms with E-state index in [0.29, 0.717) is 5.75 Å². The van der Waals surface area contributed by atoms with Crippen LogP contribution in [0.1, 0.15) is 18.4 Å². The van der Waals surface area contributed by atoms with E-state index in [4.69, 9.17) is 0 Å². The van der Waals surface area contributed by atoms with Crippen molar-refractivity contribution in [1.29, 1.82) is 0 Å². The van der Waals surface area contributed by atoms with Crippen LogP contribution in [0.25, 0.3) is 0 Å². The minimum Gasteiger partial charge on any atom is -0.508 e. The lowest BCUT2D eigenvalue weighted by Gasteiger charge is -2.22. The van der Waals surface area contributed by atoms with Crippen LogP contribution < -0.4 is 5.32 Å². The fourth-order valence-corrected chi connectivity index (χ4v) is 2.11. The number of benzene rings is 1. The van der Waals surface area contributed by atoms with E-state index in [2.05, 4.69) is 11.4 Å². The van der Waals surface area contributed by atoms with Gasteiger partial charge in [0.1, 0.15) is 5.75 Å². The van der Waals surface area contributed by atoms with Crippen molar-refractivity contribution in [2.45, 2.75) is 19.3 Å². The predicted molar refractivity (Wildman–Crippen MR) is 67.7 cm³/mol. The van der Waals surface area contributed by atoms with Gasteiger partial charge in [-0.25, -0.2) is 0 Å². The Hall–Kier alpha value is -0.540. The molecule has 15 heavy (non-hydrogen) atoms. The van der Waals surface area contributed by atoms with Crippen LogP contribution in [0.5, 0.6) is 5.75 Å². The van der Waals surface area contributed by atoms with Crippen LogP contribution >= 0.6 is 17.0 Å². The normalized spacial score (nSPS) is 20.7. The fourth-order valence-electron chi connectivity index (χ4n) is 2.11. The van der Waals surface area contributed by atoms with Crippen molar-refractivity contribution in [2.75, 3.05) is 13.1 Å². The summed E-state index contributed by atoms with van der Waals surface area (Å²) in [7, 11) is 0. The summed E-state index contributed by atoms with van der Waals surface area (Å²) < 4.78 is 0. The zero-order valence-corrected chi connectivity index (χ0v) is 10.5. The molecular formula is C12H18BrNO. The Labute approximate surface area is 101 Å². The molecule has 1 saturated heterocycles. The van der Waals surface area contributed by atoms with E-state index in [9.17, 15) is 5.11 Å². The molecule has 1 fully saturated rings. The third-order valence-corrected chi connectivity index (χ3v) is 2.83. The van der Waals surface area contributed by atoms with Crippen LogP contribution in [0, 0.1) is 5.92 Å². The van der Waals surface area contributed by atoms with E-state index in [0.717, 1.165) is 25.4 Å². The van der Waals surface area contributed by atoms with Gasteiger partial charge < -0.3 is 10.4 Å². The molecule has 0 spiro atoms. The number of aromatic hydroxyl groups is 1. The highest BCUT2D eigenvalue weighted by atomic mass is 79.9. The lowest BCUT2D eigenvalue weighted by Crippen LogP contribution is -2.30. The molecular weight excluding hydrogens is 254 g/mol. The van der Waals surface area contributed by atoms with Gasteiger partial charge in [-0.2, -0.15) is 0 Å². The van der Waals surface area contributed by atoms with Gasteiger partial charge in [-0.3, -0.25) is 0 Å². The molecule has 0 amide bonds. The molecule has 3 heteroatoms. The monoisotopic (exact) mass is 271 g/mol. The second-order valence-electron chi connectivity index (χ2n) is 4.09. The zero-order valence-electron chi connectivity index (χ0n) is 8.78. The van der Waals surface area contributed by atoms with E-state index in [1.165, 1.54) is 18.4 Å². The molecule has 0 saturated carbocycles. The number of phenolic OH excluding ortho intramolecular Hbond substituents is 1. The summed E-state index contributed by atoms with van der Waals surface area (Å²) in [5, 5.41) is 12.7. The van der Waals surface area contributed by atoms with E-state index in [1.807, 2.05) is 12.1 Å². The Balaban J connectivity index is 0.00000112. The number of piperidine rings is 1. The maximum Gasteiger partial charge on any atom is 0.115 e. The van der Waals surface area contributed by atoms with Gasteiger partial charge in [0, 0.05) is 0 Å². The van der Waals surface area contributed by atoms with Crippen LogP contribution in [-0.2, 0) is 6.42 Å². The van der Waals surface area contributed by atoms with Gasteiger partial charge in [-0.05, 0) is 56.0 Å². The first-order valence-electron chi connectivity index (χ1n) is 5.33. The molecule has 1 aromatic rings. The lowest BCUT2D eigenvalue weighted by molar-refractivity contribution is 0.375. The molecule has 0 bridgehead atoms. The minimum absolute atomic E-state index is 0. The van der Waals surface area contributed by atoms with Crippen molar-refractivity contribution in [2.24, 2.45) is 5.92 Å². The van der Waals surface area contributed by atoms with Gasteiger partial charge >= 0.3 is 0 Å². The first kappa shape index (κ1) is 12.5. The average molecular weight is 272 g/mol. The molecule has 1 atom stereocenters. The third kappa shape index (κ3) is 3.84. The first-order chi connectivity index (χ1) is 6.84. The van der Waals surface area contributed by atoms with Gasteiger partial charge in [-0.15, -0.1) is 17.0 Å². The Kier molecular flexibility index (Phi) is 5.12. The Morgan fingerprint density at radius 3 is 2.93 bits per heavy atom. The summed E-state index contributed by atoms with van der Waals surface area (Å²) >= 11 is 0. The predicted octanol–water partition coefficient (Wildman–Crippen LogP) is 2.51. The maximum absolute atomic E-state index is 9.33. The number of nitrogens with one attached hydrogen (secondary N) is 1. The molecule has 1 aliphatic rings. The van der Waals surface area contributed by atoms with Crippen molar-refractivity contribution in [3.8, 4) is 5.75 Å². The second kappa shape index (κ2) is 6.13. The molecule has 0 radical (unpaired) electrons. The lowest BCUT2D eigenvalue weighted by atomic mass is 9.92. The smallest absolute Gasteiger partial charge is 0.115 e. The van der Waals surface area contributed by atoms with Crippen molar-refractivity contribution in [1.82, 2.24) is 5.32 Å². The van der Waals surface area contributed by atoms with Gasteiger partial charge in [0.25, 0.3) is 0 Å². The summed E-state index contributed by atoms with van der Waals surface area (Å²) in [5.41, 5.74) is 1.25. The summed E-state index contributed by atoms with van der Waals surface area (Å²) in [5.74, 6) is 1.12. The van der Waals surface area contributed by atoms with E-state index in [1.54, 1.807) is 6.07 Å². The number of halogens is 1. The van der Waals surface area contributed by atoms with Crippen LogP contribution in [0.4, 0.5) is 0 Å². The summed E-state index contributed by atoms with van der Waals surface area (Å²) in [4.78, 5) is 0. The highest BCUT2D eigenvalue weighted by molar-refractivity contribution is 8.93. The van der Waals surface area contributed by atoms with Gasteiger partial charge in [0.2, 0.25) is 0 Å². The molecule has 2 rings (SSSR count). The molecule has 2 N–H and O–H groups in total. The quantitative estimate of drug-likeness (QED) is 0.867. The number of phenols is 1. The van der Waals surface area contributed by atoms with Gasteiger partial charge in [-0.1, -0.05) is 12.1 Å². The molecule has 2 nitrogen and oxygen atoms in total. The van der Waals surface area contributed by atoms with Crippen molar-refractivity contribution in [3.63, 3.8) is 0 Å². The second-order valence-corrected chi connectivity index (χ2v) is 4.09. The highest BCUT2D eigenvalue weighted by Crippen LogP contribution is 2.18. The number of hydrogen-bond acceptors (Lipinski definition) is 2. The molecule has 1 heterocycles. The Morgan fingerprint density at radius 2 is 2.27 bits per heavy atom. The minimum atomic E-state index is 0. The first-order valence-corrected chi connectivity index (χ1v) is 5.33. The number of hydrogen-bond donors (Lipinski definition) is 2. The zero-order chi connectivity index (χ0) is 9.80. The Bertz CT molecular complexity index is 297. The van der Waals surface area contributed by atoms with E-state index in [-0.39, 0.29) is 17.0 Å². The van der Waals surface area contributed by atoms with Crippen molar-refractivity contribution < 1.29 is 5.11 Å². The van der Waals surface area contributed by atoms with Crippen LogP contribution in [-0.4, -0.2) is 18.2 Å². The summed E-state index contributed by atoms with van der Waals surface area (Å²) in [6.07, 6.45) is 3.67. The SMILES string of the molecule is Br.Oc1cccc(CC2CCCNC2)c1. The van der Waals surface area contributed by atoms with Crippen LogP contribution in [0.2, 0.25) is 0 Å². The summed E-state index contributed by atoms with van der Waals surface area (Å²) in [6.45, 7) is 2.28. The average Bonchev–Trinajstić information content (AvgIpc) is 2.19.